The molecule has 0 saturated carbocycles. The number of thiazole rings is 1. The van der Waals surface area contributed by atoms with Gasteiger partial charge in [-0.2, -0.15) is 0 Å². The fourth-order valence-electron chi connectivity index (χ4n) is 1.99. The highest BCUT2D eigenvalue weighted by Crippen LogP contribution is 2.29. The van der Waals surface area contributed by atoms with Gasteiger partial charge >= 0.3 is 0 Å². The van der Waals surface area contributed by atoms with Crippen molar-refractivity contribution < 1.29 is 5.11 Å². The van der Waals surface area contributed by atoms with Crippen LogP contribution >= 0.6 is 11.3 Å². The van der Waals surface area contributed by atoms with Gasteiger partial charge in [-0.3, -0.25) is 0 Å². The Labute approximate surface area is 103 Å². The van der Waals surface area contributed by atoms with E-state index in [1.807, 2.05) is 47.8 Å². The van der Waals surface area contributed by atoms with Crippen LogP contribution in [0.25, 0.3) is 10.8 Å². The first kappa shape index (κ1) is 10.4. The molecule has 1 N–H and O–H groups in total. The molecule has 0 aliphatic carbocycles. The van der Waals surface area contributed by atoms with E-state index in [1.54, 1.807) is 6.20 Å². The summed E-state index contributed by atoms with van der Waals surface area (Å²) in [6.45, 7) is 0. The van der Waals surface area contributed by atoms with Crippen molar-refractivity contribution in [2.45, 2.75) is 6.10 Å². The Bertz CT molecular complexity index is 628. The van der Waals surface area contributed by atoms with Crippen LogP contribution in [0.5, 0.6) is 0 Å². The largest absolute Gasteiger partial charge is 0.381 e. The van der Waals surface area contributed by atoms with Crippen molar-refractivity contribution in [1.82, 2.24) is 4.98 Å². The summed E-state index contributed by atoms with van der Waals surface area (Å²) in [5, 5.41) is 15.2. The zero-order valence-corrected chi connectivity index (χ0v) is 9.89. The molecular formula is C14H11NOS. The molecule has 84 valence electrons. The molecule has 3 rings (SSSR count). The summed E-state index contributed by atoms with van der Waals surface area (Å²) in [7, 11) is 0. The fraction of sp³-hybridized carbons (Fsp3) is 0.0714. The van der Waals surface area contributed by atoms with Gasteiger partial charge in [0.1, 0.15) is 11.1 Å². The van der Waals surface area contributed by atoms with Gasteiger partial charge < -0.3 is 5.11 Å². The molecule has 1 heterocycles. The first-order valence-electron chi connectivity index (χ1n) is 5.41. The van der Waals surface area contributed by atoms with Crippen LogP contribution < -0.4 is 0 Å². The van der Waals surface area contributed by atoms with Gasteiger partial charge in [-0.1, -0.05) is 42.5 Å². The van der Waals surface area contributed by atoms with Gasteiger partial charge in [0, 0.05) is 11.6 Å². The lowest BCUT2D eigenvalue weighted by Crippen LogP contribution is -1.99. The van der Waals surface area contributed by atoms with Gasteiger partial charge in [0.2, 0.25) is 0 Å². The van der Waals surface area contributed by atoms with Crippen LogP contribution in [-0.4, -0.2) is 10.1 Å². The molecule has 3 heteroatoms. The maximum absolute atomic E-state index is 10.3. The van der Waals surface area contributed by atoms with Crippen molar-refractivity contribution in [3.63, 3.8) is 0 Å². The molecule has 3 aromatic rings. The van der Waals surface area contributed by atoms with Crippen LogP contribution in [0.1, 0.15) is 16.7 Å². The Balaban J connectivity index is 2.17. The number of hydrogen-bond acceptors (Lipinski definition) is 3. The van der Waals surface area contributed by atoms with Crippen molar-refractivity contribution >= 4 is 22.1 Å². The average molecular weight is 241 g/mol. The van der Waals surface area contributed by atoms with Crippen LogP contribution in [0.3, 0.4) is 0 Å². The second-order valence-electron chi connectivity index (χ2n) is 3.84. The Morgan fingerprint density at radius 1 is 1.06 bits per heavy atom. The van der Waals surface area contributed by atoms with E-state index in [0.717, 1.165) is 21.3 Å². The van der Waals surface area contributed by atoms with E-state index in [-0.39, 0.29) is 0 Å². The van der Waals surface area contributed by atoms with Gasteiger partial charge in [-0.05, 0) is 16.3 Å². The topological polar surface area (TPSA) is 33.1 Å². The molecule has 1 unspecified atom stereocenters. The Kier molecular flexibility index (Phi) is 2.63. The minimum atomic E-state index is -0.638. The smallest absolute Gasteiger partial charge is 0.131 e. The molecule has 0 fully saturated rings. The van der Waals surface area contributed by atoms with Crippen LogP contribution in [0, 0.1) is 0 Å². The minimum absolute atomic E-state index is 0.638. The monoisotopic (exact) mass is 241 g/mol. The van der Waals surface area contributed by atoms with Gasteiger partial charge in [0.05, 0.1) is 0 Å². The first-order valence-corrected chi connectivity index (χ1v) is 6.29. The van der Waals surface area contributed by atoms with Crippen LogP contribution in [0.4, 0.5) is 0 Å². The summed E-state index contributed by atoms with van der Waals surface area (Å²) in [6, 6.07) is 14.0. The summed E-state index contributed by atoms with van der Waals surface area (Å²) >= 11 is 1.47. The van der Waals surface area contributed by atoms with E-state index >= 15 is 0 Å². The predicted octanol–water partition coefficient (Wildman–Crippen LogP) is 3.38. The van der Waals surface area contributed by atoms with E-state index in [0.29, 0.717) is 0 Å². The highest BCUT2D eigenvalue weighted by Gasteiger charge is 2.15. The van der Waals surface area contributed by atoms with E-state index in [2.05, 4.69) is 4.98 Å². The van der Waals surface area contributed by atoms with Crippen molar-refractivity contribution in [2.24, 2.45) is 0 Å². The maximum Gasteiger partial charge on any atom is 0.131 e. The molecule has 1 atom stereocenters. The first-order chi connectivity index (χ1) is 8.36. The van der Waals surface area contributed by atoms with Gasteiger partial charge in [-0.15, -0.1) is 11.3 Å². The number of rotatable bonds is 2. The molecule has 0 saturated heterocycles. The van der Waals surface area contributed by atoms with Crippen molar-refractivity contribution in [1.29, 1.82) is 0 Å². The zero-order chi connectivity index (χ0) is 11.7. The standard InChI is InChI=1S/C14H11NOS/c16-13(14-15-8-9-17-14)12-7-3-5-10-4-1-2-6-11(10)12/h1-9,13,16H. The third kappa shape index (κ3) is 1.84. The van der Waals surface area contributed by atoms with Crippen molar-refractivity contribution in [3.05, 3.63) is 64.6 Å². The van der Waals surface area contributed by atoms with Gasteiger partial charge in [0.15, 0.2) is 0 Å². The molecule has 0 aliphatic heterocycles. The highest BCUT2D eigenvalue weighted by molar-refractivity contribution is 7.09. The second-order valence-corrected chi connectivity index (χ2v) is 4.77. The van der Waals surface area contributed by atoms with Crippen LogP contribution in [0.15, 0.2) is 54.0 Å². The summed E-state index contributed by atoms with van der Waals surface area (Å²) in [6.07, 6.45) is 1.08. The number of fused-ring (bicyclic) bond motifs is 1. The highest BCUT2D eigenvalue weighted by atomic mass is 32.1. The Morgan fingerprint density at radius 3 is 2.71 bits per heavy atom. The van der Waals surface area contributed by atoms with E-state index in [4.69, 9.17) is 0 Å². The normalized spacial score (nSPS) is 12.8. The fourth-order valence-corrected chi connectivity index (χ4v) is 2.63. The summed E-state index contributed by atoms with van der Waals surface area (Å²) in [5.74, 6) is 0. The predicted molar refractivity (Wildman–Crippen MR) is 70.1 cm³/mol. The number of nitrogens with zero attached hydrogens (tertiary/aromatic N) is 1. The van der Waals surface area contributed by atoms with Crippen LogP contribution in [0.2, 0.25) is 0 Å². The molecule has 2 nitrogen and oxygen atoms in total. The number of aromatic nitrogens is 1. The third-order valence-corrected chi connectivity index (χ3v) is 3.63. The molecule has 0 spiro atoms. The lowest BCUT2D eigenvalue weighted by molar-refractivity contribution is 0.221. The maximum atomic E-state index is 10.3. The Morgan fingerprint density at radius 2 is 1.88 bits per heavy atom. The molecular weight excluding hydrogens is 230 g/mol. The SMILES string of the molecule is OC(c1nccs1)c1cccc2ccccc12. The molecule has 2 aromatic carbocycles. The molecule has 0 aliphatic rings. The summed E-state index contributed by atoms with van der Waals surface area (Å²) < 4.78 is 0. The number of aliphatic hydroxyl groups is 1. The van der Waals surface area contributed by atoms with E-state index in [1.165, 1.54) is 11.3 Å². The summed E-state index contributed by atoms with van der Waals surface area (Å²) in [5.41, 5.74) is 0.915. The second kappa shape index (κ2) is 4.28. The lowest BCUT2D eigenvalue weighted by atomic mass is 10.0. The molecule has 1 aromatic heterocycles. The van der Waals surface area contributed by atoms with Gasteiger partial charge in [-0.25, -0.2) is 4.98 Å². The van der Waals surface area contributed by atoms with E-state index < -0.39 is 6.10 Å². The molecule has 17 heavy (non-hydrogen) atoms. The van der Waals surface area contributed by atoms with Crippen molar-refractivity contribution in [2.75, 3.05) is 0 Å². The number of aliphatic hydroxyl groups excluding tert-OH is 1. The zero-order valence-electron chi connectivity index (χ0n) is 9.08. The van der Waals surface area contributed by atoms with Gasteiger partial charge in [0.25, 0.3) is 0 Å². The Hall–Kier alpha value is -1.71. The minimum Gasteiger partial charge on any atom is -0.381 e. The number of hydrogen-bond donors (Lipinski definition) is 1. The lowest BCUT2D eigenvalue weighted by Gasteiger charge is -2.11. The average Bonchev–Trinajstić information content (AvgIpc) is 2.91. The van der Waals surface area contributed by atoms with E-state index in [9.17, 15) is 5.11 Å². The van der Waals surface area contributed by atoms with Crippen molar-refractivity contribution in [3.8, 4) is 0 Å². The molecule has 0 radical (unpaired) electrons. The third-order valence-electron chi connectivity index (χ3n) is 2.80. The summed E-state index contributed by atoms with van der Waals surface area (Å²) in [4.78, 5) is 4.17. The molecule has 0 amide bonds. The van der Waals surface area contributed by atoms with Crippen LogP contribution in [-0.2, 0) is 0 Å². The quantitative estimate of drug-likeness (QED) is 0.746. The number of benzene rings is 2. The molecule has 0 bridgehead atoms.